The molecule has 0 bridgehead atoms. The third-order valence-corrected chi connectivity index (χ3v) is 16.2. The van der Waals surface area contributed by atoms with Crippen LogP contribution in [0.5, 0.6) is 0 Å². The number of aliphatic carboxylic acids is 1. The lowest BCUT2D eigenvalue weighted by atomic mass is 9.86. The Morgan fingerprint density at radius 1 is 0.857 bits per heavy atom. The number of cyclic esters (lactones) is 1. The fourth-order valence-corrected chi connectivity index (χ4v) is 10.3. The normalized spacial score (nSPS) is 21.1. The summed E-state index contributed by atoms with van der Waals surface area (Å²) in [5.41, 5.74) is 1.68. The minimum absolute atomic E-state index is 0.0964. The van der Waals surface area contributed by atoms with Crippen molar-refractivity contribution < 1.29 is 75.5 Å². The highest BCUT2D eigenvalue weighted by molar-refractivity contribution is 7.85. The number of hydrogen-bond acceptors (Lipinski definition) is 14. The van der Waals surface area contributed by atoms with Gasteiger partial charge in [-0.1, -0.05) is 103 Å². The van der Waals surface area contributed by atoms with E-state index < -0.39 is 123 Å². The molecule has 84 heavy (non-hydrogen) atoms. The number of Topliss-reactive ketones (excluding diaryl/α,β-unsaturated/α-hetero) is 3. The first kappa shape index (κ1) is 70.1. The van der Waals surface area contributed by atoms with Gasteiger partial charge in [0, 0.05) is 87.9 Å². The first-order chi connectivity index (χ1) is 39.1. The first-order valence-electron chi connectivity index (χ1n) is 28.7. The van der Waals surface area contributed by atoms with E-state index in [-0.39, 0.29) is 107 Å². The molecule has 0 saturated carbocycles. The molecule has 5 amide bonds. The van der Waals surface area contributed by atoms with Crippen LogP contribution < -0.4 is 21.3 Å². The highest BCUT2D eigenvalue weighted by atomic mass is 35.5. The van der Waals surface area contributed by atoms with Gasteiger partial charge in [-0.3, -0.25) is 47.7 Å². The molecule has 0 radical (unpaired) electrons. The topological polar surface area (TPSA) is 318 Å². The molecule has 1 saturated heterocycles. The summed E-state index contributed by atoms with van der Waals surface area (Å²) in [5, 5.41) is 21.0. The van der Waals surface area contributed by atoms with E-state index in [1.165, 1.54) is 6.08 Å². The van der Waals surface area contributed by atoms with Crippen molar-refractivity contribution in [3.05, 3.63) is 81.9 Å². The molecule has 8 atom stereocenters. The number of hydrogen-bond donors (Lipinski definition) is 6. The van der Waals surface area contributed by atoms with Crippen molar-refractivity contribution in [1.82, 2.24) is 26.2 Å². The smallest absolute Gasteiger partial charge is 0.328 e. The summed E-state index contributed by atoms with van der Waals surface area (Å²) >= 11 is 6.40. The van der Waals surface area contributed by atoms with Crippen LogP contribution in [0.1, 0.15) is 155 Å². The Labute approximate surface area is 498 Å². The van der Waals surface area contributed by atoms with Gasteiger partial charge in [0.05, 0.1) is 29.7 Å². The van der Waals surface area contributed by atoms with Crippen LogP contribution in [0.2, 0.25) is 5.02 Å². The number of rotatable bonds is 28. The molecule has 21 nitrogen and oxygen atoms in total. The van der Waals surface area contributed by atoms with Crippen LogP contribution in [0.4, 0.5) is 0 Å². The van der Waals surface area contributed by atoms with Gasteiger partial charge in [-0.2, -0.15) is 8.42 Å². The quantitative estimate of drug-likeness (QED) is 0.0308. The third kappa shape index (κ3) is 24.0. The van der Waals surface area contributed by atoms with E-state index in [9.17, 15) is 61.5 Å². The van der Waals surface area contributed by atoms with Gasteiger partial charge in [-0.05, 0) is 85.8 Å². The van der Waals surface area contributed by atoms with Gasteiger partial charge in [0.25, 0.3) is 10.1 Å². The Morgan fingerprint density at radius 3 is 2.13 bits per heavy atom. The van der Waals surface area contributed by atoms with Gasteiger partial charge in [0.2, 0.25) is 29.5 Å². The molecular formula is C61H86ClN5O16S. The minimum Gasteiger partial charge on any atom is -0.481 e. The van der Waals surface area contributed by atoms with Crippen LogP contribution in [-0.4, -0.2) is 138 Å². The molecule has 2 aliphatic rings. The number of carbonyl (C=O) groups is 10. The number of aryl methyl sites for hydroxylation is 2. The Morgan fingerprint density at radius 2 is 1.51 bits per heavy atom. The first-order valence-corrected chi connectivity index (χ1v) is 30.7. The standard InChI is InChI=1S/C61H86ClN5O16S/c1-36(2)54(66-51(72)26-28-67(29-27-53(74)75)52(73)25-23-43(68)13-12-30-84(79,80)81)48(70)31-38(4)47(69)24-20-40-18-21-42(22-19-40)56-55(83-56)39(5)49-14-11-15-50(71)64-45(33-41-17-16-37(3)44(62)32-41)57(76)63-35-61(9,10)59(78)65-46(58(77)82-49)34-60(6,7)8/h11,15-19,21-22,32,36,38-39,45-46,49,54-56H,12-14,20,23-31,33-35H2,1-10H3,(H,63,76)(H,64,71)(H,65,78)(H,66,72)(H,74,75)(H,79,80,81)/b15-11+/t38-,39+,45-,46+,49+,54+,55-,56-/m1/s1. The molecule has 2 aromatic carbocycles. The molecule has 0 aliphatic carbocycles. The van der Waals surface area contributed by atoms with E-state index in [2.05, 4.69) is 21.3 Å². The molecule has 23 heteroatoms. The highest BCUT2D eigenvalue weighted by Gasteiger charge is 2.48. The molecule has 0 aromatic heterocycles. The van der Waals surface area contributed by atoms with Crippen LogP contribution in [-0.2, 0) is 80.4 Å². The number of amides is 5. The van der Waals surface area contributed by atoms with Crippen molar-refractivity contribution in [2.45, 2.75) is 183 Å². The van der Waals surface area contributed by atoms with E-state index in [4.69, 9.17) is 25.6 Å². The zero-order chi connectivity index (χ0) is 62.9. The van der Waals surface area contributed by atoms with E-state index in [1.54, 1.807) is 46.8 Å². The Bertz CT molecular complexity index is 2850. The molecular weight excluding hydrogens is 1130 g/mol. The molecule has 2 aromatic rings. The van der Waals surface area contributed by atoms with Gasteiger partial charge in [0.1, 0.15) is 35.9 Å². The molecule has 0 unspecified atom stereocenters. The maximum Gasteiger partial charge on any atom is 0.328 e. The number of benzene rings is 2. The van der Waals surface area contributed by atoms with Crippen LogP contribution in [0, 0.1) is 35.5 Å². The second-order valence-electron chi connectivity index (χ2n) is 24.5. The summed E-state index contributed by atoms with van der Waals surface area (Å²) in [7, 11) is -4.25. The number of nitrogens with zero attached hydrogens (tertiary/aromatic N) is 1. The number of ether oxygens (including phenoxy) is 2. The van der Waals surface area contributed by atoms with Crippen molar-refractivity contribution in [1.29, 1.82) is 0 Å². The number of epoxide rings is 1. The lowest BCUT2D eigenvalue weighted by Crippen LogP contribution is -2.54. The summed E-state index contributed by atoms with van der Waals surface area (Å²) in [6.45, 7) is 17.5. The molecule has 4 rings (SSSR count). The van der Waals surface area contributed by atoms with Crippen molar-refractivity contribution in [2.75, 3.05) is 25.4 Å². The van der Waals surface area contributed by atoms with E-state index >= 15 is 0 Å². The number of carboxylic acid groups (broad SMARTS) is 1. The fraction of sp³-hybridized carbons (Fsp3) is 0.607. The Balaban J connectivity index is 1.37. The second kappa shape index (κ2) is 31.7. The molecule has 6 N–H and O–H groups in total. The zero-order valence-electron chi connectivity index (χ0n) is 50.0. The van der Waals surface area contributed by atoms with Gasteiger partial charge < -0.3 is 40.7 Å². The van der Waals surface area contributed by atoms with Crippen molar-refractivity contribution in [3.8, 4) is 0 Å². The van der Waals surface area contributed by atoms with Crippen LogP contribution in [0.25, 0.3) is 0 Å². The Hall–Kier alpha value is -6.36. The molecule has 2 heterocycles. The summed E-state index contributed by atoms with van der Waals surface area (Å²) in [6.07, 6.45) is 0.565. The summed E-state index contributed by atoms with van der Waals surface area (Å²) < 4.78 is 43.2. The van der Waals surface area contributed by atoms with Gasteiger partial charge >= 0.3 is 11.9 Å². The van der Waals surface area contributed by atoms with Crippen LogP contribution >= 0.6 is 11.6 Å². The van der Waals surface area contributed by atoms with E-state index in [0.29, 0.717) is 11.4 Å². The monoisotopic (exact) mass is 1210 g/mol. The highest BCUT2D eigenvalue weighted by Crippen LogP contribution is 2.45. The fourth-order valence-electron chi connectivity index (χ4n) is 9.62. The maximum absolute atomic E-state index is 14.2. The molecule has 1 fully saturated rings. The Kier molecular flexibility index (Phi) is 26.5. The predicted octanol–water partition coefficient (Wildman–Crippen LogP) is 6.34. The van der Waals surface area contributed by atoms with Crippen LogP contribution in [0.15, 0.2) is 54.6 Å². The lowest BCUT2D eigenvalue weighted by molar-refractivity contribution is -0.157. The van der Waals surface area contributed by atoms with Crippen molar-refractivity contribution >= 4 is 80.5 Å². The number of nitrogens with one attached hydrogen (secondary N) is 4. The summed E-state index contributed by atoms with van der Waals surface area (Å²) in [4.78, 5) is 133. The number of carboxylic acids is 1. The zero-order valence-corrected chi connectivity index (χ0v) is 51.6. The van der Waals surface area contributed by atoms with E-state index in [0.717, 1.165) is 27.2 Å². The van der Waals surface area contributed by atoms with Gasteiger partial charge in [-0.25, -0.2) is 4.79 Å². The summed E-state index contributed by atoms with van der Waals surface area (Å²) in [5.74, 6) is -7.55. The number of esters is 1. The maximum atomic E-state index is 14.2. The lowest BCUT2D eigenvalue weighted by Gasteiger charge is -2.32. The van der Waals surface area contributed by atoms with Crippen molar-refractivity contribution in [2.24, 2.45) is 28.6 Å². The third-order valence-electron chi connectivity index (χ3n) is 15.0. The molecule has 464 valence electrons. The number of carbonyl (C=O) groups excluding carboxylic acids is 9. The predicted molar refractivity (Wildman–Crippen MR) is 314 cm³/mol. The number of ketones is 3. The number of halogens is 1. The summed E-state index contributed by atoms with van der Waals surface area (Å²) in [6, 6.07) is 9.94. The van der Waals surface area contributed by atoms with Gasteiger partial charge in [-0.15, -0.1) is 0 Å². The largest absolute Gasteiger partial charge is 0.481 e. The SMILES string of the molecule is Cc1ccc(C[C@H]2NC(=O)/C=C/C[C@@H]([C@H](C)[C@H]3O[C@@H]3c3ccc(CCC(=O)[C@H](C)CC(=O)[C@@H](NC(=O)CCN(CCC(=O)O)C(=O)CCC(=O)CCCS(=O)(=O)O)C(C)C)cc3)OC(=O)[C@H](CC(C)(C)C)NC(=O)C(C)(C)CNC2=O)cc1Cl. The molecule has 2 aliphatic heterocycles. The van der Waals surface area contributed by atoms with Crippen molar-refractivity contribution in [3.63, 3.8) is 0 Å². The van der Waals surface area contributed by atoms with E-state index in [1.807, 2.05) is 71.0 Å². The minimum atomic E-state index is -4.25. The molecule has 0 spiro atoms. The average Bonchev–Trinajstić information content (AvgIpc) is 2.15. The van der Waals surface area contributed by atoms with Crippen LogP contribution in [0.3, 0.4) is 0 Å². The second-order valence-corrected chi connectivity index (χ2v) is 26.5. The average molecular weight is 1210 g/mol. The van der Waals surface area contributed by atoms with Gasteiger partial charge in [0.15, 0.2) is 5.78 Å².